The minimum absolute atomic E-state index is 0.107. The molecule has 6 heteroatoms. The van der Waals surface area contributed by atoms with E-state index in [1.54, 1.807) is 23.7 Å². The molecule has 0 saturated carbocycles. The molecule has 96 valence electrons. The van der Waals surface area contributed by atoms with Crippen molar-refractivity contribution >= 4 is 17.2 Å². The highest BCUT2D eigenvalue weighted by atomic mass is 32.1. The third-order valence-corrected chi connectivity index (χ3v) is 3.41. The summed E-state index contributed by atoms with van der Waals surface area (Å²) in [6.45, 7) is 0.665. The van der Waals surface area contributed by atoms with E-state index in [0.717, 1.165) is 29.8 Å². The van der Waals surface area contributed by atoms with Gasteiger partial charge in [-0.05, 0) is 18.4 Å². The minimum atomic E-state index is 0.107. The van der Waals surface area contributed by atoms with Gasteiger partial charge in [0.2, 0.25) is 5.91 Å². The van der Waals surface area contributed by atoms with Crippen molar-refractivity contribution < 1.29 is 4.79 Å². The fraction of sp³-hybridized carbons (Fsp3) is 0.417. The van der Waals surface area contributed by atoms with Crippen molar-refractivity contribution in [1.29, 1.82) is 0 Å². The molecule has 2 N–H and O–H groups in total. The Hall–Kier alpha value is -1.69. The summed E-state index contributed by atoms with van der Waals surface area (Å²) in [5.41, 5.74) is 1.14. The number of amides is 1. The predicted molar refractivity (Wildman–Crippen MR) is 70.4 cm³/mol. The second kappa shape index (κ2) is 6.90. The van der Waals surface area contributed by atoms with Gasteiger partial charge in [0.15, 0.2) is 0 Å². The zero-order valence-corrected chi connectivity index (χ0v) is 10.9. The van der Waals surface area contributed by atoms with E-state index in [-0.39, 0.29) is 5.91 Å². The Kier molecular flexibility index (Phi) is 4.89. The molecule has 0 unspecified atom stereocenters. The molecule has 0 aliphatic carbocycles. The molecular weight excluding hydrogens is 248 g/mol. The number of aromatic amines is 1. The number of aryl methyl sites for hydroxylation is 1. The van der Waals surface area contributed by atoms with Crippen molar-refractivity contribution in [3.8, 4) is 0 Å². The Bertz CT molecular complexity index is 410. The second-order valence-corrected chi connectivity index (χ2v) is 4.97. The summed E-state index contributed by atoms with van der Waals surface area (Å²) in [7, 11) is 0. The zero-order valence-electron chi connectivity index (χ0n) is 10.1. The second-order valence-electron chi connectivity index (χ2n) is 3.99. The van der Waals surface area contributed by atoms with Gasteiger partial charge in [0.1, 0.15) is 0 Å². The molecule has 2 aromatic heterocycles. The molecular formula is C12H16N4OS. The summed E-state index contributed by atoms with van der Waals surface area (Å²) in [5.74, 6) is 0.107. The first-order valence-corrected chi connectivity index (χ1v) is 6.85. The van der Waals surface area contributed by atoms with Gasteiger partial charge in [0.05, 0.1) is 11.2 Å². The van der Waals surface area contributed by atoms with Gasteiger partial charge >= 0.3 is 0 Å². The van der Waals surface area contributed by atoms with Crippen LogP contribution in [0, 0.1) is 0 Å². The standard InChI is InChI=1S/C12H16N4OS/c17-11(3-1-2-10-8-15-16-9-10)13-5-4-12-14-6-7-18-12/h6-9H,1-5H2,(H,13,17)(H,15,16). The van der Waals surface area contributed by atoms with E-state index in [9.17, 15) is 4.79 Å². The number of aromatic nitrogens is 3. The van der Waals surface area contributed by atoms with Gasteiger partial charge in [-0.2, -0.15) is 5.10 Å². The van der Waals surface area contributed by atoms with Gasteiger partial charge in [0, 0.05) is 37.2 Å². The van der Waals surface area contributed by atoms with Gasteiger partial charge in [-0.15, -0.1) is 11.3 Å². The average molecular weight is 264 g/mol. The SMILES string of the molecule is O=C(CCCc1cn[nH]c1)NCCc1nccs1. The quantitative estimate of drug-likeness (QED) is 0.797. The van der Waals surface area contributed by atoms with Gasteiger partial charge in [0.25, 0.3) is 0 Å². The summed E-state index contributed by atoms with van der Waals surface area (Å²) in [6.07, 6.45) is 8.54. The van der Waals surface area contributed by atoms with E-state index < -0.39 is 0 Å². The number of hydrogen-bond acceptors (Lipinski definition) is 4. The minimum Gasteiger partial charge on any atom is -0.356 e. The number of H-pyrrole nitrogens is 1. The number of hydrogen-bond donors (Lipinski definition) is 2. The van der Waals surface area contributed by atoms with E-state index in [0.29, 0.717) is 13.0 Å². The molecule has 0 aliphatic rings. The Labute approximate surface area is 110 Å². The number of nitrogens with zero attached hydrogens (tertiary/aromatic N) is 2. The highest BCUT2D eigenvalue weighted by Gasteiger charge is 2.02. The van der Waals surface area contributed by atoms with Crippen molar-refractivity contribution in [2.45, 2.75) is 25.7 Å². The Morgan fingerprint density at radius 2 is 2.39 bits per heavy atom. The van der Waals surface area contributed by atoms with Crippen molar-refractivity contribution in [2.75, 3.05) is 6.54 Å². The zero-order chi connectivity index (χ0) is 12.6. The van der Waals surface area contributed by atoms with Crippen LogP contribution in [-0.2, 0) is 17.6 Å². The third-order valence-electron chi connectivity index (χ3n) is 2.57. The molecule has 2 heterocycles. The molecule has 2 rings (SSSR count). The monoisotopic (exact) mass is 264 g/mol. The normalized spacial score (nSPS) is 10.4. The maximum atomic E-state index is 11.5. The van der Waals surface area contributed by atoms with Crippen molar-refractivity contribution in [3.63, 3.8) is 0 Å². The lowest BCUT2D eigenvalue weighted by molar-refractivity contribution is -0.121. The van der Waals surface area contributed by atoms with Crippen LogP contribution in [-0.4, -0.2) is 27.6 Å². The van der Waals surface area contributed by atoms with E-state index >= 15 is 0 Å². The molecule has 1 amide bonds. The lowest BCUT2D eigenvalue weighted by Crippen LogP contribution is -2.25. The number of carbonyl (C=O) groups excluding carboxylic acids is 1. The van der Waals surface area contributed by atoms with Crippen LogP contribution in [0.1, 0.15) is 23.4 Å². The smallest absolute Gasteiger partial charge is 0.220 e. The van der Waals surface area contributed by atoms with Gasteiger partial charge in [-0.1, -0.05) is 0 Å². The molecule has 18 heavy (non-hydrogen) atoms. The Balaban J connectivity index is 1.55. The lowest BCUT2D eigenvalue weighted by atomic mass is 10.1. The van der Waals surface area contributed by atoms with Crippen LogP contribution in [0.3, 0.4) is 0 Å². The summed E-state index contributed by atoms with van der Waals surface area (Å²) in [5, 5.41) is 12.5. The Morgan fingerprint density at radius 1 is 1.44 bits per heavy atom. The van der Waals surface area contributed by atoms with Gasteiger partial charge < -0.3 is 5.32 Å². The molecule has 0 spiro atoms. The van der Waals surface area contributed by atoms with E-state index in [4.69, 9.17) is 0 Å². The highest BCUT2D eigenvalue weighted by Crippen LogP contribution is 2.04. The van der Waals surface area contributed by atoms with Crippen LogP contribution in [0.25, 0.3) is 0 Å². The van der Waals surface area contributed by atoms with Crippen LogP contribution < -0.4 is 5.32 Å². The van der Waals surface area contributed by atoms with Crippen molar-refractivity contribution in [2.24, 2.45) is 0 Å². The van der Waals surface area contributed by atoms with Crippen molar-refractivity contribution in [3.05, 3.63) is 34.5 Å². The summed E-state index contributed by atoms with van der Waals surface area (Å²) in [6, 6.07) is 0. The molecule has 0 radical (unpaired) electrons. The van der Waals surface area contributed by atoms with E-state index in [1.165, 1.54) is 0 Å². The first-order chi connectivity index (χ1) is 8.84. The summed E-state index contributed by atoms with van der Waals surface area (Å²) < 4.78 is 0. The molecule has 0 fully saturated rings. The molecule has 0 bridgehead atoms. The maximum Gasteiger partial charge on any atom is 0.220 e. The topological polar surface area (TPSA) is 70.7 Å². The first-order valence-electron chi connectivity index (χ1n) is 5.97. The summed E-state index contributed by atoms with van der Waals surface area (Å²) in [4.78, 5) is 15.7. The lowest BCUT2D eigenvalue weighted by Gasteiger charge is -2.03. The Morgan fingerprint density at radius 3 is 3.11 bits per heavy atom. The van der Waals surface area contributed by atoms with Gasteiger partial charge in [-0.3, -0.25) is 9.89 Å². The maximum absolute atomic E-state index is 11.5. The fourth-order valence-electron chi connectivity index (χ4n) is 1.64. The van der Waals surface area contributed by atoms with Crippen molar-refractivity contribution in [1.82, 2.24) is 20.5 Å². The largest absolute Gasteiger partial charge is 0.356 e. The van der Waals surface area contributed by atoms with Crippen LogP contribution >= 0.6 is 11.3 Å². The van der Waals surface area contributed by atoms with E-state index in [1.807, 2.05) is 11.6 Å². The van der Waals surface area contributed by atoms with Gasteiger partial charge in [-0.25, -0.2) is 4.98 Å². The molecule has 0 atom stereocenters. The molecule has 0 aromatic carbocycles. The predicted octanol–water partition coefficient (Wildman–Crippen LogP) is 1.55. The average Bonchev–Trinajstić information content (AvgIpc) is 3.01. The third kappa shape index (κ3) is 4.29. The number of carbonyl (C=O) groups is 1. The molecule has 0 aliphatic heterocycles. The molecule has 5 nitrogen and oxygen atoms in total. The summed E-state index contributed by atoms with van der Waals surface area (Å²) >= 11 is 1.62. The number of nitrogens with one attached hydrogen (secondary N) is 2. The molecule has 0 saturated heterocycles. The fourth-order valence-corrected chi connectivity index (χ4v) is 2.26. The van der Waals surface area contributed by atoms with E-state index in [2.05, 4.69) is 20.5 Å². The van der Waals surface area contributed by atoms with Crippen LogP contribution in [0.5, 0.6) is 0 Å². The first kappa shape index (κ1) is 12.8. The van der Waals surface area contributed by atoms with Crippen LogP contribution in [0.2, 0.25) is 0 Å². The van der Waals surface area contributed by atoms with Crippen LogP contribution in [0.4, 0.5) is 0 Å². The number of thiazole rings is 1. The highest BCUT2D eigenvalue weighted by molar-refractivity contribution is 7.09. The van der Waals surface area contributed by atoms with Crippen LogP contribution in [0.15, 0.2) is 24.0 Å². The molecule has 2 aromatic rings. The number of rotatable bonds is 7.